The van der Waals surface area contributed by atoms with E-state index in [1.807, 2.05) is 18.2 Å². The molecule has 1 aromatic carbocycles. The van der Waals surface area contributed by atoms with Crippen molar-refractivity contribution in [1.82, 2.24) is 9.88 Å². The normalized spacial score (nSPS) is 17.7. The van der Waals surface area contributed by atoms with Gasteiger partial charge < -0.3 is 9.94 Å². The maximum absolute atomic E-state index is 11.1. The van der Waals surface area contributed by atoms with Crippen LogP contribution >= 0.6 is 23.2 Å². The van der Waals surface area contributed by atoms with Crippen molar-refractivity contribution in [2.75, 3.05) is 26.2 Å². The van der Waals surface area contributed by atoms with E-state index in [0.717, 1.165) is 30.5 Å². The minimum Gasteiger partial charge on any atom is -0.481 e. The molecule has 1 aliphatic rings. The Hall–Kier alpha value is -2.15. The van der Waals surface area contributed by atoms with Crippen LogP contribution in [0.4, 0.5) is 0 Å². The first-order chi connectivity index (χ1) is 13.5. The Labute approximate surface area is 173 Å². The summed E-state index contributed by atoms with van der Waals surface area (Å²) in [6.07, 6.45) is 4.92. The Morgan fingerprint density at radius 2 is 2.25 bits per heavy atom. The monoisotopic (exact) mass is 421 g/mol. The summed E-state index contributed by atoms with van der Waals surface area (Å²) in [6, 6.07) is 8.95. The number of benzene rings is 1. The fourth-order valence-corrected chi connectivity index (χ4v) is 3.70. The molecule has 2 aromatic rings. The Balaban J connectivity index is 1.57. The van der Waals surface area contributed by atoms with Gasteiger partial charge in [0.15, 0.2) is 0 Å². The van der Waals surface area contributed by atoms with E-state index >= 15 is 0 Å². The number of nitrogens with zero attached hydrogens (tertiary/aromatic N) is 3. The number of oxime groups is 1. The van der Waals surface area contributed by atoms with E-state index in [2.05, 4.69) is 15.0 Å². The largest absolute Gasteiger partial charge is 0.481 e. The predicted molar refractivity (Wildman–Crippen MR) is 110 cm³/mol. The molecule has 0 aliphatic carbocycles. The van der Waals surface area contributed by atoms with Crippen molar-refractivity contribution in [2.45, 2.75) is 12.8 Å². The van der Waals surface area contributed by atoms with Gasteiger partial charge >= 0.3 is 5.97 Å². The Morgan fingerprint density at radius 3 is 3.04 bits per heavy atom. The van der Waals surface area contributed by atoms with Crippen molar-refractivity contribution >= 4 is 35.4 Å². The van der Waals surface area contributed by atoms with Gasteiger partial charge in [0.25, 0.3) is 0 Å². The van der Waals surface area contributed by atoms with E-state index in [0.29, 0.717) is 35.4 Å². The van der Waals surface area contributed by atoms with E-state index in [1.165, 1.54) is 0 Å². The molecule has 1 unspecified atom stereocenters. The molecule has 1 aliphatic heterocycles. The van der Waals surface area contributed by atoms with Gasteiger partial charge in [-0.05, 0) is 49.7 Å². The third kappa shape index (κ3) is 5.44. The number of aromatic nitrogens is 1. The molecule has 148 valence electrons. The summed E-state index contributed by atoms with van der Waals surface area (Å²) in [6.45, 7) is 2.48. The SMILES string of the molecule is O=C(O)C1CCCN(CCO/N=C/c2cccnc2-c2ccc(Cl)cc2Cl)C1. The Kier molecular flexibility index (Phi) is 7.25. The Bertz CT molecular complexity index is 860. The van der Waals surface area contributed by atoms with Crippen molar-refractivity contribution in [3.8, 4) is 11.3 Å². The summed E-state index contributed by atoms with van der Waals surface area (Å²) in [4.78, 5) is 23.0. The summed E-state index contributed by atoms with van der Waals surface area (Å²) in [5.41, 5.74) is 2.23. The fourth-order valence-electron chi connectivity index (χ4n) is 3.21. The highest BCUT2D eigenvalue weighted by Crippen LogP contribution is 2.30. The van der Waals surface area contributed by atoms with Crippen LogP contribution in [0.3, 0.4) is 0 Å². The van der Waals surface area contributed by atoms with Crippen LogP contribution in [0.1, 0.15) is 18.4 Å². The lowest BCUT2D eigenvalue weighted by Gasteiger charge is -2.29. The van der Waals surface area contributed by atoms with Crippen LogP contribution in [0, 0.1) is 5.92 Å². The number of likely N-dealkylation sites (tertiary alicyclic amines) is 1. The molecule has 1 saturated heterocycles. The van der Waals surface area contributed by atoms with E-state index in [1.54, 1.807) is 24.5 Å². The van der Waals surface area contributed by atoms with Gasteiger partial charge in [-0.15, -0.1) is 0 Å². The predicted octanol–water partition coefficient (Wildman–Crippen LogP) is 4.20. The zero-order chi connectivity index (χ0) is 19.9. The number of aliphatic carboxylic acids is 1. The van der Waals surface area contributed by atoms with Crippen LogP contribution in [-0.2, 0) is 9.63 Å². The second-order valence-corrected chi connectivity index (χ2v) is 7.45. The number of hydrogen-bond acceptors (Lipinski definition) is 5. The van der Waals surface area contributed by atoms with E-state index in [4.69, 9.17) is 33.1 Å². The minimum absolute atomic E-state index is 0.292. The second kappa shape index (κ2) is 9.87. The number of piperidine rings is 1. The molecule has 2 heterocycles. The van der Waals surface area contributed by atoms with Crippen LogP contribution in [0.2, 0.25) is 10.0 Å². The molecule has 1 fully saturated rings. The van der Waals surface area contributed by atoms with Crippen LogP contribution in [0.5, 0.6) is 0 Å². The number of carboxylic acids is 1. The van der Waals surface area contributed by atoms with E-state index in [9.17, 15) is 4.79 Å². The third-order valence-corrected chi connectivity index (χ3v) is 5.19. The maximum atomic E-state index is 11.1. The van der Waals surface area contributed by atoms with Gasteiger partial charge in [0.1, 0.15) is 6.61 Å². The second-order valence-electron chi connectivity index (χ2n) is 6.61. The molecule has 3 rings (SSSR count). The van der Waals surface area contributed by atoms with Crippen LogP contribution in [0.15, 0.2) is 41.7 Å². The van der Waals surface area contributed by atoms with Crippen LogP contribution in [0.25, 0.3) is 11.3 Å². The quantitative estimate of drug-likeness (QED) is 0.411. The zero-order valence-corrected chi connectivity index (χ0v) is 16.7. The molecule has 6 nitrogen and oxygen atoms in total. The lowest BCUT2D eigenvalue weighted by atomic mass is 9.98. The molecule has 0 radical (unpaired) electrons. The average molecular weight is 422 g/mol. The number of hydrogen-bond donors (Lipinski definition) is 1. The maximum Gasteiger partial charge on any atom is 0.307 e. The van der Waals surface area contributed by atoms with Crippen LogP contribution < -0.4 is 0 Å². The topological polar surface area (TPSA) is 75.0 Å². The van der Waals surface area contributed by atoms with Crippen molar-refractivity contribution in [1.29, 1.82) is 0 Å². The first-order valence-electron chi connectivity index (χ1n) is 9.05. The average Bonchev–Trinajstić information content (AvgIpc) is 2.68. The minimum atomic E-state index is -0.728. The van der Waals surface area contributed by atoms with Gasteiger partial charge in [-0.3, -0.25) is 14.7 Å². The first kappa shape index (κ1) is 20.6. The number of carbonyl (C=O) groups is 1. The van der Waals surface area contributed by atoms with Gasteiger partial charge in [-0.1, -0.05) is 28.4 Å². The van der Waals surface area contributed by atoms with E-state index in [-0.39, 0.29) is 5.92 Å². The van der Waals surface area contributed by atoms with Gasteiger partial charge in [0, 0.05) is 35.4 Å². The highest BCUT2D eigenvalue weighted by atomic mass is 35.5. The molecule has 0 spiro atoms. The molecule has 0 amide bonds. The molecule has 0 bridgehead atoms. The number of halogens is 2. The summed E-state index contributed by atoms with van der Waals surface area (Å²) < 4.78 is 0. The van der Waals surface area contributed by atoms with Crippen LogP contribution in [-0.4, -0.2) is 53.4 Å². The summed E-state index contributed by atoms with van der Waals surface area (Å²) in [7, 11) is 0. The van der Waals surface area contributed by atoms with Crippen molar-refractivity contribution in [3.63, 3.8) is 0 Å². The zero-order valence-electron chi connectivity index (χ0n) is 15.2. The molecular formula is C20H21Cl2N3O3. The van der Waals surface area contributed by atoms with Crippen molar-refractivity contribution in [2.24, 2.45) is 11.1 Å². The van der Waals surface area contributed by atoms with Gasteiger partial charge in [-0.2, -0.15) is 0 Å². The Morgan fingerprint density at radius 1 is 1.39 bits per heavy atom. The third-order valence-electron chi connectivity index (χ3n) is 4.65. The summed E-state index contributed by atoms with van der Waals surface area (Å²) >= 11 is 12.3. The standard InChI is InChI=1S/C20H21Cl2N3O3/c21-16-5-6-17(18(22)11-16)19-14(3-1-7-23-19)12-24-28-10-9-25-8-2-4-15(13-25)20(26)27/h1,3,5-7,11-12,15H,2,4,8-10,13H2,(H,26,27)/b24-12+. The number of pyridine rings is 1. The summed E-state index contributed by atoms with van der Waals surface area (Å²) in [5.74, 6) is -1.02. The smallest absolute Gasteiger partial charge is 0.307 e. The molecule has 1 atom stereocenters. The molecule has 1 aromatic heterocycles. The number of carboxylic acid groups (broad SMARTS) is 1. The van der Waals surface area contributed by atoms with Gasteiger partial charge in [0.2, 0.25) is 0 Å². The van der Waals surface area contributed by atoms with Crippen molar-refractivity contribution in [3.05, 3.63) is 52.1 Å². The molecule has 0 saturated carbocycles. The lowest BCUT2D eigenvalue weighted by Crippen LogP contribution is -2.40. The van der Waals surface area contributed by atoms with E-state index < -0.39 is 5.97 Å². The van der Waals surface area contributed by atoms with Crippen molar-refractivity contribution < 1.29 is 14.7 Å². The first-order valence-corrected chi connectivity index (χ1v) is 9.81. The fraction of sp³-hybridized carbons (Fsp3) is 0.350. The summed E-state index contributed by atoms with van der Waals surface area (Å²) in [5, 5.41) is 14.3. The van der Waals surface area contributed by atoms with Gasteiger partial charge in [0.05, 0.1) is 22.8 Å². The highest BCUT2D eigenvalue weighted by molar-refractivity contribution is 6.36. The molecule has 28 heavy (non-hydrogen) atoms. The number of rotatable bonds is 7. The van der Waals surface area contributed by atoms with Gasteiger partial charge in [-0.25, -0.2) is 0 Å². The highest BCUT2D eigenvalue weighted by Gasteiger charge is 2.24. The molecule has 8 heteroatoms. The molecule has 1 N–H and O–H groups in total. The molecular weight excluding hydrogens is 401 g/mol. The lowest BCUT2D eigenvalue weighted by molar-refractivity contribution is -0.143.